The van der Waals surface area contributed by atoms with Crippen molar-refractivity contribution in [3.8, 4) is 5.88 Å². The molecule has 2 aliphatic rings. The number of nitrogens with one attached hydrogen (secondary N) is 2. The summed E-state index contributed by atoms with van der Waals surface area (Å²) in [5.74, 6) is -0.869. The quantitative estimate of drug-likeness (QED) is 0.410. The van der Waals surface area contributed by atoms with Gasteiger partial charge in [0.25, 0.3) is 5.91 Å². The molecule has 1 aromatic carbocycles. The van der Waals surface area contributed by atoms with E-state index in [-0.39, 0.29) is 61.5 Å². The SMILES string of the molecule is CCC(Oc1ncc(Cl)cc1Cl)C(=O)NCc1cccc([NH-])c1.O=C(O)CN1CC2(CN(O)C2)C1.[Y]. The number of halogens is 2. The van der Waals surface area contributed by atoms with E-state index in [4.69, 9.17) is 44.0 Å². The minimum Gasteiger partial charge on any atom is -0.699 e. The van der Waals surface area contributed by atoms with Gasteiger partial charge in [0.15, 0.2) is 6.10 Å². The maximum absolute atomic E-state index is 12.2. The van der Waals surface area contributed by atoms with Crippen molar-refractivity contribution in [3.63, 3.8) is 0 Å². The molecule has 4 rings (SSSR count). The van der Waals surface area contributed by atoms with Crippen LogP contribution < -0.4 is 10.1 Å². The molecular formula is C23H28Cl2N5O5Y-. The van der Waals surface area contributed by atoms with Gasteiger partial charge in [-0.25, -0.2) is 4.98 Å². The molecule has 10 nitrogen and oxygen atoms in total. The monoisotopic (exact) mass is 613 g/mol. The van der Waals surface area contributed by atoms with Crippen molar-refractivity contribution >= 4 is 40.8 Å². The van der Waals surface area contributed by atoms with Crippen LogP contribution >= 0.6 is 23.2 Å². The maximum Gasteiger partial charge on any atom is 0.317 e. The zero-order valence-electron chi connectivity index (χ0n) is 19.8. The smallest absolute Gasteiger partial charge is 0.317 e. The Hall–Kier alpha value is -1.53. The number of hydrogen-bond donors (Lipinski definition) is 3. The molecule has 1 spiro atoms. The van der Waals surface area contributed by atoms with Gasteiger partial charge in [-0.05, 0) is 18.1 Å². The van der Waals surface area contributed by atoms with Crippen LogP contribution in [0.4, 0.5) is 5.69 Å². The van der Waals surface area contributed by atoms with E-state index in [0.29, 0.717) is 36.8 Å². The number of carbonyl (C=O) groups excluding carboxylic acids is 1. The third kappa shape index (κ3) is 8.80. The summed E-state index contributed by atoms with van der Waals surface area (Å²) in [5, 5.41) is 22.1. The van der Waals surface area contributed by atoms with Gasteiger partial charge < -0.3 is 26.1 Å². The van der Waals surface area contributed by atoms with E-state index in [0.717, 1.165) is 18.7 Å². The summed E-state index contributed by atoms with van der Waals surface area (Å²) in [7, 11) is 0. The minimum absolute atomic E-state index is 0. The average molecular weight is 614 g/mol. The Bertz CT molecular complexity index is 1050. The van der Waals surface area contributed by atoms with Crippen LogP contribution in [0.5, 0.6) is 5.88 Å². The molecule has 2 aromatic rings. The van der Waals surface area contributed by atoms with E-state index in [9.17, 15) is 9.59 Å². The van der Waals surface area contributed by atoms with Crippen LogP contribution in [0.1, 0.15) is 18.9 Å². The summed E-state index contributed by atoms with van der Waals surface area (Å²) < 4.78 is 5.57. The van der Waals surface area contributed by atoms with E-state index in [1.807, 2.05) is 17.9 Å². The number of aliphatic carboxylic acids is 1. The van der Waals surface area contributed by atoms with Crippen molar-refractivity contribution in [3.05, 3.63) is 57.9 Å². The number of ether oxygens (including phenoxy) is 1. The summed E-state index contributed by atoms with van der Waals surface area (Å²) in [6.45, 7) is 5.32. The summed E-state index contributed by atoms with van der Waals surface area (Å²) >= 11 is 11.8. The molecule has 0 bridgehead atoms. The number of carbonyl (C=O) groups is 2. The van der Waals surface area contributed by atoms with Crippen LogP contribution in [-0.4, -0.2) is 76.0 Å². The van der Waals surface area contributed by atoms with Gasteiger partial charge in [0, 0.05) is 77.0 Å². The van der Waals surface area contributed by atoms with E-state index in [1.54, 1.807) is 18.2 Å². The Labute approximate surface area is 244 Å². The first-order chi connectivity index (χ1) is 16.6. The van der Waals surface area contributed by atoms with Gasteiger partial charge in [0.1, 0.15) is 5.02 Å². The number of likely N-dealkylation sites (tertiary alicyclic amines) is 1. The fraction of sp³-hybridized carbons (Fsp3) is 0.435. The Morgan fingerprint density at radius 1 is 1.25 bits per heavy atom. The number of amides is 1. The number of carboxylic acids is 1. The molecule has 193 valence electrons. The van der Waals surface area contributed by atoms with Crippen LogP contribution in [0.3, 0.4) is 0 Å². The normalized spacial score (nSPS) is 16.9. The fourth-order valence-corrected chi connectivity index (χ4v) is 4.49. The van der Waals surface area contributed by atoms with E-state index >= 15 is 0 Å². The number of rotatable bonds is 8. The predicted octanol–water partition coefficient (Wildman–Crippen LogP) is 3.62. The van der Waals surface area contributed by atoms with Crippen LogP contribution in [0, 0.1) is 5.41 Å². The van der Waals surface area contributed by atoms with Crippen molar-refractivity contribution in [1.82, 2.24) is 20.3 Å². The molecule has 0 aliphatic carbocycles. The van der Waals surface area contributed by atoms with Crippen molar-refractivity contribution in [2.45, 2.75) is 26.0 Å². The summed E-state index contributed by atoms with van der Waals surface area (Å²) in [6.07, 6.45) is 1.17. The van der Waals surface area contributed by atoms with Crippen molar-refractivity contribution in [1.29, 1.82) is 0 Å². The molecule has 2 fully saturated rings. The van der Waals surface area contributed by atoms with Gasteiger partial charge in [0.2, 0.25) is 5.88 Å². The topological polar surface area (TPSA) is 139 Å². The molecule has 1 radical (unpaired) electrons. The molecule has 1 atom stereocenters. The molecule has 1 aromatic heterocycles. The Morgan fingerprint density at radius 3 is 2.50 bits per heavy atom. The standard InChI is InChI=1S/C16H16Cl2N3O2.C7H12N2O3.Y/c1-2-14(23-16-13(18)7-11(17)9-21-16)15(22)20-8-10-4-3-5-12(19)6-10;10-6(11)1-8-2-7(3-8)4-9(12)5-7;/h3-7,9,14,19H,2,8H2,1H3,(H,20,22);12H,1-5H2,(H,10,11);/q-1;;. The van der Waals surface area contributed by atoms with E-state index in [1.165, 1.54) is 17.3 Å². The van der Waals surface area contributed by atoms with Gasteiger partial charge in [-0.1, -0.05) is 54.4 Å². The van der Waals surface area contributed by atoms with Crippen LogP contribution in [0.2, 0.25) is 10.0 Å². The van der Waals surface area contributed by atoms with Gasteiger partial charge >= 0.3 is 5.97 Å². The first-order valence-electron chi connectivity index (χ1n) is 11.0. The molecule has 2 aliphatic heterocycles. The Kier molecular flexibility index (Phi) is 11.8. The average Bonchev–Trinajstić information content (AvgIpc) is 2.75. The molecule has 0 saturated carbocycles. The number of hydroxylamine groups is 2. The summed E-state index contributed by atoms with van der Waals surface area (Å²) in [4.78, 5) is 28.4. The van der Waals surface area contributed by atoms with Gasteiger partial charge in [-0.2, -0.15) is 5.06 Å². The van der Waals surface area contributed by atoms with Crippen molar-refractivity contribution in [2.24, 2.45) is 5.41 Å². The molecule has 4 N–H and O–H groups in total. The fourth-order valence-electron chi connectivity index (χ4n) is 4.06. The third-order valence-electron chi connectivity index (χ3n) is 5.60. The van der Waals surface area contributed by atoms with Crippen molar-refractivity contribution < 1.29 is 57.3 Å². The number of aromatic nitrogens is 1. The van der Waals surface area contributed by atoms with Crippen molar-refractivity contribution in [2.75, 3.05) is 32.7 Å². The number of benzene rings is 1. The number of carboxylic acid groups (broad SMARTS) is 1. The first-order valence-corrected chi connectivity index (χ1v) is 11.8. The Balaban J connectivity index is 0.000000294. The number of pyridine rings is 1. The van der Waals surface area contributed by atoms with Gasteiger partial charge in [-0.15, -0.1) is 5.69 Å². The second-order valence-corrected chi connectivity index (χ2v) is 9.58. The number of nitrogens with zero attached hydrogens (tertiary/aromatic N) is 3. The number of hydrogen-bond acceptors (Lipinski definition) is 7. The third-order valence-corrected chi connectivity index (χ3v) is 6.08. The minimum atomic E-state index is -0.773. The second-order valence-electron chi connectivity index (χ2n) is 8.74. The molecule has 13 heteroatoms. The van der Waals surface area contributed by atoms with Gasteiger partial charge in [-0.3, -0.25) is 14.5 Å². The first kappa shape index (κ1) is 30.7. The van der Waals surface area contributed by atoms with Crippen LogP contribution in [-0.2, 0) is 48.8 Å². The van der Waals surface area contributed by atoms with E-state index in [2.05, 4.69) is 10.3 Å². The molecule has 1 unspecified atom stereocenters. The molecular weight excluding hydrogens is 586 g/mol. The van der Waals surface area contributed by atoms with Crippen LogP contribution in [0.15, 0.2) is 36.5 Å². The van der Waals surface area contributed by atoms with E-state index < -0.39 is 12.1 Å². The molecule has 36 heavy (non-hydrogen) atoms. The molecule has 1 amide bonds. The van der Waals surface area contributed by atoms with Crippen LogP contribution in [0.25, 0.3) is 5.73 Å². The molecule has 2 saturated heterocycles. The zero-order chi connectivity index (χ0) is 25.6. The largest absolute Gasteiger partial charge is 0.699 e. The second kappa shape index (κ2) is 13.9. The maximum atomic E-state index is 12.2. The summed E-state index contributed by atoms with van der Waals surface area (Å²) in [6, 6.07) is 8.50. The zero-order valence-corrected chi connectivity index (χ0v) is 24.1. The van der Waals surface area contributed by atoms with Gasteiger partial charge in [0.05, 0.1) is 11.6 Å². The molecule has 3 heterocycles. The Morgan fingerprint density at radius 2 is 1.94 bits per heavy atom. The predicted molar refractivity (Wildman–Crippen MR) is 131 cm³/mol. The summed E-state index contributed by atoms with van der Waals surface area (Å²) in [5.41, 5.74) is 9.02.